The number of carbonyl (C=O) groups excluding carboxylic acids is 1. The van der Waals surface area contributed by atoms with Gasteiger partial charge in [-0.2, -0.15) is 5.26 Å². The van der Waals surface area contributed by atoms with Gasteiger partial charge in [0.1, 0.15) is 11.9 Å². The van der Waals surface area contributed by atoms with E-state index in [0.29, 0.717) is 17.4 Å². The second kappa shape index (κ2) is 8.76. The van der Waals surface area contributed by atoms with Crippen LogP contribution in [0.3, 0.4) is 0 Å². The summed E-state index contributed by atoms with van der Waals surface area (Å²) in [5, 5.41) is 24.3. The molecule has 2 aromatic heterocycles. The lowest BCUT2D eigenvalue weighted by molar-refractivity contribution is -0.113. The van der Waals surface area contributed by atoms with Crippen LogP contribution in [0.1, 0.15) is 55.0 Å². The quantitative estimate of drug-likeness (QED) is 0.704. The van der Waals surface area contributed by atoms with Gasteiger partial charge in [0.05, 0.1) is 11.3 Å². The molecule has 0 saturated heterocycles. The molecule has 1 saturated carbocycles. The van der Waals surface area contributed by atoms with Crippen LogP contribution in [0.25, 0.3) is 0 Å². The monoisotopic (exact) mass is 404 g/mol. The summed E-state index contributed by atoms with van der Waals surface area (Å²) in [6, 6.07) is 2.63. The molecule has 27 heavy (non-hydrogen) atoms. The molecule has 0 aromatic carbocycles. The molecule has 0 unspecified atom stereocenters. The first-order valence-corrected chi connectivity index (χ1v) is 10.9. The Morgan fingerprint density at radius 3 is 2.70 bits per heavy atom. The van der Waals surface area contributed by atoms with Gasteiger partial charge in [-0.05, 0) is 32.3 Å². The number of nitrogens with one attached hydrogen (secondary N) is 2. The lowest BCUT2D eigenvalue weighted by Gasteiger charge is -2.27. The molecule has 1 aliphatic rings. The van der Waals surface area contributed by atoms with Crippen molar-refractivity contribution in [1.82, 2.24) is 14.8 Å². The number of thioether (sulfide) groups is 1. The average molecular weight is 405 g/mol. The topological polar surface area (TPSA) is 95.6 Å². The van der Waals surface area contributed by atoms with Gasteiger partial charge in [-0.25, -0.2) is 0 Å². The third kappa shape index (κ3) is 4.28. The van der Waals surface area contributed by atoms with Crippen LogP contribution in [0, 0.1) is 25.2 Å². The summed E-state index contributed by atoms with van der Waals surface area (Å²) in [5.41, 5.74) is 2.60. The zero-order valence-corrected chi connectivity index (χ0v) is 17.5. The maximum absolute atomic E-state index is 12.6. The number of aromatic nitrogens is 3. The van der Waals surface area contributed by atoms with E-state index in [1.54, 1.807) is 7.05 Å². The summed E-state index contributed by atoms with van der Waals surface area (Å²) < 4.78 is 2.92. The first-order chi connectivity index (χ1) is 13.0. The molecule has 0 spiro atoms. The molecule has 0 atom stereocenters. The predicted octanol–water partition coefficient (Wildman–Crippen LogP) is 4.11. The molecule has 1 aliphatic carbocycles. The molecule has 9 heteroatoms. The van der Waals surface area contributed by atoms with Gasteiger partial charge in [0.15, 0.2) is 4.34 Å². The van der Waals surface area contributed by atoms with Gasteiger partial charge in [0.25, 0.3) is 0 Å². The predicted molar refractivity (Wildman–Crippen MR) is 110 cm³/mol. The molecule has 144 valence electrons. The summed E-state index contributed by atoms with van der Waals surface area (Å²) in [5.74, 6) is 0.752. The van der Waals surface area contributed by atoms with Gasteiger partial charge in [0, 0.05) is 18.8 Å². The molecule has 2 aromatic rings. The van der Waals surface area contributed by atoms with Crippen molar-refractivity contribution in [1.29, 1.82) is 5.26 Å². The van der Waals surface area contributed by atoms with E-state index < -0.39 is 0 Å². The van der Waals surface area contributed by atoms with E-state index in [1.807, 2.05) is 13.8 Å². The van der Waals surface area contributed by atoms with Crippen LogP contribution < -0.4 is 10.6 Å². The fourth-order valence-corrected chi connectivity index (χ4v) is 5.05. The van der Waals surface area contributed by atoms with E-state index >= 15 is 0 Å². The maximum Gasteiger partial charge on any atom is 0.235 e. The molecule has 0 radical (unpaired) electrons. The Bertz CT molecular complexity index is 860. The summed E-state index contributed by atoms with van der Waals surface area (Å²) in [7, 11) is 1.79. The first kappa shape index (κ1) is 19.7. The SMILES string of the molecule is CNc1nnc(SCC(=O)Nc2c(C#N)c(C)c(C)n2C2CCCCC2)s1. The Labute approximate surface area is 167 Å². The zero-order chi connectivity index (χ0) is 19.4. The molecule has 3 rings (SSSR count). The van der Waals surface area contributed by atoms with Crippen LogP contribution in [0.4, 0.5) is 10.9 Å². The fraction of sp³-hybridized carbons (Fsp3) is 0.556. The summed E-state index contributed by atoms with van der Waals surface area (Å²) in [6.45, 7) is 3.99. The minimum atomic E-state index is -0.132. The fourth-order valence-electron chi connectivity index (χ4n) is 3.55. The number of anilines is 2. The van der Waals surface area contributed by atoms with Crippen LogP contribution in [-0.2, 0) is 4.79 Å². The molecule has 0 aliphatic heterocycles. The number of nitriles is 1. The third-order valence-corrected chi connectivity index (χ3v) is 7.09. The number of hydrogen-bond donors (Lipinski definition) is 2. The molecular weight excluding hydrogens is 380 g/mol. The van der Waals surface area contributed by atoms with Crippen molar-refractivity contribution in [3.8, 4) is 6.07 Å². The van der Waals surface area contributed by atoms with Crippen LogP contribution >= 0.6 is 23.1 Å². The van der Waals surface area contributed by atoms with Crippen LogP contribution in [0.15, 0.2) is 4.34 Å². The van der Waals surface area contributed by atoms with Crippen molar-refractivity contribution in [3.05, 3.63) is 16.8 Å². The van der Waals surface area contributed by atoms with Gasteiger partial charge >= 0.3 is 0 Å². The molecule has 1 fully saturated rings. The highest BCUT2D eigenvalue weighted by atomic mass is 32.2. The Kier molecular flexibility index (Phi) is 6.39. The molecule has 2 N–H and O–H groups in total. The highest BCUT2D eigenvalue weighted by molar-refractivity contribution is 8.01. The van der Waals surface area contributed by atoms with Crippen molar-refractivity contribution in [2.45, 2.75) is 56.3 Å². The van der Waals surface area contributed by atoms with E-state index in [4.69, 9.17) is 0 Å². The molecular formula is C18H24N6OS2. The maximum atomic E-state index is 12.6. The molecule has 1 amide bonds. The van der Waals surface area contributed by atoms with Crippen LogP contribution in [-0.4, -0.2) is 33.5 Å². The summed E-state index contributed by atoms with van der Waals surface area (Å²) in [6.07, 6.45) is 5.83. The van der Waals surface area contributed by atoms with Crippen molar-refractivity contribution in [3.63, 3.8) is 0 Å². The summed E-state index contributed by atoms with van der Waals surface area (Å²) in [4.78, 5) is 12.6. The van der Waals surface area contributed by atoms with Gasteiger partial charge in [0.2, 0.25) is 11.0 Å². The molecule has 0 bridgehead atoms. The smallest absolute Gasteiger partial charge is 0.235 e. The van der Waals surface area contributed by atoms with Gasteiger partial charge < -0.3 is 15.2 Å². The zero-order valence-electron chi connectivity index (χ0n) is 15.8. The van der Waals surface area contributed by atoms with Crippen molar-refractivity contribution >= 4 is 40.0 Å². The second-order valence-electron chi connectivity index (χ2n) is 6.67. The van der Waals surface area contributed by atoms with E-state index in [-0.39, 0.29) is 11.7 Å². The Hall–Kier alpha value is -2.05. The number of amides is 1. The van der Waals surface area contributed by atoms with E-state index in [0.717, 1.165) is 33.6 Å². The number of hydrogen-bond acceptors (Lipinski definition) is 7. The largest absolute Gasteiger partial charge is 0.363 e. The average Bonchev–Trinajstić information content (AvgIpc) is 3.24. The highest BCUT2D eigenvalue weighted by Gasteiger charge is 2.25. The minimum Gasteiger partial charge on any atom is -0.363 e. The van der Waals surface area contributed by atoms with Crippen molar-refractivity contribution < 1.29 is 4.79 Å². The van der Waals surface area contributed by atoms with Crippen LogP contribution in [0.5, 0.6) is 0 Å². The van der Waals surface area contributed by atoms with Crippen molar-refractivity contribution in [2.24, 2.45) is 0 Å². The standard InChI is InChI=1S/C18H24N6OS2/c1-11-12(2)24(13-7-5-4-6-8-13)16(14(11)9-19)21-15(25)10-26-18-23-22-17(20-3)27-18/h13H,4-8,10H2,1-3H3,(H,20,22)(H,21,25). The summed E-state index contributed by atoms with van der Waals surface area (Å²) >= 11 is 2.76. The number of carbonyl (C=O) groups is 1. The molecule has 7 nitrogen and oxygen atoms in total. The minimum absolute atomic E-state index is 0.132. The van der Waals surface area contributed by atoms with Gasteiger partial charge in [-0.3, -0.25) is 4.79 Å². The lowest BCUT2D eigenvalue weighted by Crippen LogP contribution is -2.21. The van der Waals surface area contributed by atoms with E-state index in [2.05, 4.69) is 31.5 Å². The van der Waals surface area contributed by atoms with E-state index in [9.17, 15) is 10.1 Å². The lowest BCUT2D eigenvalue weighted by atomic mass is 9.95. The third-order valence-electron chi connectivity index (χ3n) is 5.01. The second-order valence-corrected chi connectivity index (χ2v) is 8.87. The highest BCUT2D eigenvalue weighted by Crippen LogP contribution is 2.37. The van der Waals surface area contributed by atoms with E-state index in [1.165, 1.54) is 42.4 Å². The normalized spacial score (nSPS) is 14.7. The molecule has 2 heterocycles. The number of nitrogens with zero attached hydrogens (tertiary/aromatic N) is 4. The van der Waals surface area contributed by atoms with Gasteiger partial charge in [-0.1, -0.05) is 42.4 Å². The number of rotatable bonds is 6. The first-order valence-electron chi connectivity index (χ1n) is 9.10. The Morgan fingerprint density at radius 2 is 2.07 bits per heavy atom. The van der Waals surface area contributed by atoms with Gasteiger partial charge in [-0.15, -0.1) is 10.2 Å². The Balaban J connectivity index is 1.77. The van der Waals surface area contributed by atoms with Crippen LogP contribution in [0.2, 0.25) is 0 Å². The Morgan fingerprint density at radius 1 is 1.33 bits per heavy atom. The van der Waals surface area contributed by atoms with Crippen molar-refractivity contribution in [2.75, 3.05) is 23.4 Å².